The largest absolute Gasteiger partial charge is 0.458 e. The number of ether oxygens (including phenoxy) is 1. The molecule has 0 saturated heterocycles. The van der Waals surface area contributed by atoms with E-state index in [1.807, 2.05) is 0 Å². The molecule has 1 N–H and O–H groups in total. The predicted molar refractivity (Wildman–Crippen MR) is 98.0 cm³/mol. The fourth-order valence-corrected chi connectivity index (χ4v) is 3.41. The summed E-state index contributed by atoms with van der Waals surface area (Å²) in [4.78, 5) is 52.5. The molecule has 0 bridgehead atoms. The predicted octanol–water partition coefficient (Wildman–Crippen LogP) is 2.75. The Hall–Kier alpha value is -2.49. The number of rotatable bonds is 5. The number of benzene rings is 1. The summed E-state index contributed by atoms with van der Waals surface area (Å²) < 4.78 is 5.05. The number of nitrogens with zero attached hydrogens (tertiary/aromatic N) is 2. The number of hydrogen-bond acceptors (Lipinski definition) is 7. The second-order valence-corrected chi connectivity index (χ2v) is 7.17. The van der Waals surface area contributed by atoms with E-state index in [9.17, 15) is 19.2 Å². The summed E-state index contributed by atoms with van der Waals surface area (Å²) in [5.74, 6) is -2.34. The van der Waals surface area contributed by atoms with Crippen LogP contribution in [-0.2, 0) is 20.9 Å². The van der Waals surface area contributed by atoms with Crippen LogP contribution in [0.1, 0.15) is 33.3 Å². The van der Waals surface area contributed by atoms with Gasteiger partial charge >= 0.3 is 5.97 Å². The summed E-state index contributed by atoms with van der Waals surface area (Å²) in [5, 5.41) is 4.78. The van der Waals surface area contributed by atoms with Gasteiger partial charge in [-0.15, -0.1) is 11.3 Å². The molecule has 3 amide bonds. The van der Waals surface area contributed by atoms with Crippen LogP contribution in [-0.4, -0.2) is 40.1 Å². The first kappa shape index (κ1) is 19.3. The molecular formula is C16H11Cl2N3O5S. The number of fused-ring (bicyclic) bond motifs is 1. The number of halogens is 2. The van der Waals surface area contributed by atoms with Crippen LogP contribution < -0.4 is 5.32 Å². The van der Waals surface area contributed by atoms with E-state index in [0.717, 1.165) is 4.90 Å². The lowest BCUT2D eigenvalue weighted by atomic mass is 10.1. The fraction of sp³-hybridized carbons (Fsp3) is 0.188. The fourth-order valence-electron chi connectivity index (χ4n) is 2.34. The van der Waals surface area contributed by atoms with E-state index in [4.69, 9.17) is 27.9 Å². The number of carbonyl (C=O) groups excluding carboxylic acids is 4. The van der Waals surface area contributed by atoms with Crippen molar-refractivity contribution >= 4 is 63.4 Å². The van der Waals surface area contributed by atoms with Gasteiger partial charge < -0.3 is 10.1 Å². The first-order valence-corrected chi connectivity index (χ1v) is 9.12. The van der Waals surface area contributed by atoms with Crippen molar-refractivity contribution in [1.29, 1.82) is 0 Å². The van der Waals surface area contributed by atoms with E-state index in [1.54, 1.807) is 5.38 Å². The van der Waals surface area contributed by atoms with Gasteiger partial charge in [0.1, 0.15) is 13.2 Å². The van der Waals surface area contributed by atoms with Crippen molar-refractivity contribution in [1.82, 2.24) is 9.88 Å². The molecular weight excluding hydrogens is 417 g/mol. The van der Waals surface area contributed by atoms with Gasteiger partial charge in [0.15, 0.2) is 5.13 Å². The zero-order valence-electron chi connectivity index (χ0n) is 13.7. The molecule has 11 heteroatoms. The highest BCUT2D eigenvalue weighted by Crippen LogP contribution is 2.31. The molecule has 0 spiro atoms. The highest BCUT2D eigenvalue weighted by molar-refractivity contribution is 7.13. The average molecular weight is 428 g/mol. The number of aromatic nitrogens is 1. The molecule has 1 aliphatic heterocycles. The van der Waals surface area contributed by atoms with E-state index in [-0.39, 0.29) is 33.7 Å². The molecule has 140 valence electrons. The van der Waals surface area contributed by atoms with Crippen LogP contribution in [0.4, 0.5) is 5.13 Å². The van der Waals surface area contributed by atoms with E-state index >= 15 is 0 Å². The normalized spacial score (nSPS) is 12.9. The van der Waals surface area contributed by atoms with Crippen molar-refractivity contribution in [3.05, 3.63) is 44.4 Å². The molecule has 1 aromatic carbocycles. The lowest BCUT2D eigenvalue weighted by Gasteiger charge is -2.12. The number of anilines is 1. The second kappa shape index (κ2) is 7.63. The van der Waals surface area contributed by atoms with E-state index in [0.29, 0.717) is 10.8 Å². The van der Waals surface area contributed by atoms with Crippen LogP contribution in [0.2, 0.25) is 10.0 Å². The summed E-state index contributed by atoms with van der Waals surface area (Å²) in [6, 6.07) is 2.59. The Morgan fingerprint density at radius 2 is 1.78 bits per heavy atom. The zero-order chi connectivity index (χ0) is 19.7. The Kier molecular flexibility index (Phi) is 5.45. The Morgan fingerprint density at radius 1 is 1.19 bits per heavy atom. The SMILES string of the molecule is CC(=O)Nc1nc(COC(=O)CN2C(=O)c3cc(Cl)c(Cl)cc3C2=O)cs1. The maximum absolute atomic E-state index is 12.3. The van der Waals surface area contributed by atoms with Crippen LogP contribution in [0.5, 0.6) is 0 Å². The second-order valence-electron chi connectivity index (χ2n) is 5.49. The molecule has 1 aromatic heterocycles. The highest BCUT2D eigenvalue weighted by Gasteiger charge is 2.37. The summed E-state index contributed by atoms with van der Waals surface area (Å²) in [6.07, 6.45) is 0. The number of hydrogen-bond donors (Lipinski definition) is 1. The average Bonchev–Trinajstić information content (AvgIpc) is 3.12. The van der Waals surface area contributed by atoms with E-state index < -0.39 is 24.3 Å². The number of esters is 1. The van der Waals surface area contributed by atoms with Crippen molar-refractivity contribution in [2.45, 2.75) is 13.5 Å². The van der Waals surface area contributed by atoms with Crippen molar-refractivity contribution in [2.24, 2.45) is 0 Å². The van der Waals surface area contributed by atoms with Gasteiger partial charge in [-0.25, -0.2) is 4.98 Å². The third kappa shape index (κ3) is 4.10. The van der Waals surface area contributed by atoms with Crippen molar-refractivity contribution < 1.29 is 23.9 Å². The van der Waals surface area contributed by atoms with Gasteiger partial charge in [-0.3, -0.25) is 24.1 Å². The minimum Gasteiger partial charge on any atom is -0.458 e. The maximum Gasteiger partial charge on any atom is 0.326 e. The van der Waals surface area contributed by atoms with E-state index in [1.165, 1.54) is 30.4 Å². The first-order valence-electron chi connectivity index (χ1n) is 7.49. The number of carbonyl (C=O) groups is 4. The Bertz CT molecular complexity index is 934. The summed E-state index contributed by atoms with van der Waals surface area (Å²) >= 11 is 12.9. The van der Waals surface area contributed by atoms with Gasteiger partial charge in [0.05, 0.1) is 26.9 Å². The molecule has 27 heavy (non-hydrogen) atoms. The van der Waals surface area contributed by atoms with Crippen LogP contribution in [0, 0.1) is 0 Å². The molecule has 0 aliphatic carbocycles. The molecule has 8 nitrogen and oxygen atoms in total. The molecule has 0 unspecified atom stereocenters. The molecule has 3 rings (SSSR count). The zero-order valence-corrected chi connectivity index (χ0v) is 16.1. The van der Waals surface area contributed by atoms with Crippen molar-refractivity contribution in [3.63, 3.8) is 0 Å². The van der Waals surface area contributed by atoms with Crippen molar-refractivity contribution in [3.8, 4) is 0 Å². The summed E-state index contributed by atoms with van der Waals surface area (Å²) in [6.45, 7) is 0.642. The minimum atomic E-state index is -0.782. The number of nitrogens with one attached hydrogen (secondary N) is 1. The van der Waals surface area contributed by atoms with Gasteiger partial charge in [0.2, 0.25) is 5.91 Å². The van der Waals surface area contributed by atoms with Gasteiger partial charge in [0, 0.05) is 12.3 Å². The molecule has 0 fully saturated rings. The number of thiazole rings is 1. The third-order valence-electron chi connectivity index (χ3n) is 3.51. The highest BCUT2D eigenvalue weighted by atomic mass is 35.5. The standard InChI is InChI=1S/C16H11Cl2N3O5S/c1-7(22)19-16-20-8(6-27-16)5-26-13(23)4-21-14(24)9-2-11(17)12(18)3-10(9)15(21)25/h2-3,6H,4-5H2,1H3,(H,19,20,22). The molecule has 0 radical (unpaired) electrons. The number of amides is 3. The van der Waals surface area contributed by atoms with Crippen LogP contribution in [0.15, 0.2) is 17.5 Å². The van der Waals surface area contributed by atoms with Gasteiger partial charge in [-0.2, -0.15) is 0 Å². The lowest BCUT2D eigenvalue weighted by molar-refractivity contribution is -0.145. The Morgan fingerprint density at radius 3 is 2.33 bits per heavy atom. The quantitative estimate of drug-likeness (QED) is 0.580. The maximum atomic E-state index is 12.3. The molecule has 0 saturated carbocycles. The van der Waals surface area contributed by atoms with Crippen molar-refractivity contribution in [2.75, 3.05) is 11.9 Å². The first-order chi connectivity index (χ1) is 12.8. The van der Waals surface area contributed by atoms with E-state index in [2.05, 4.69) is 10.3 Å². The molecule has 2 heterocycles. The molecule has 0 atom stereocenters. The van der Waals surface area contributed by atoms with Crippen LogP contribution in [0.3, 0.4) is 0 Å². The monoisotopic (exact) mass is 427 g/mol. The lowest BCUT2D eigenvalue weighted by Crippen LogP contribution is -2.35. The number of imide groups is 1. The Labute approximate surface area is 167 Å². The topological polar surface area (TPSA) is 106 Å². The van der Waals surface area contributed by atoms with Gasteiger partial charge in [-0.1, -0.05) is 23.2 Å². The summed E-state index contributed by atoms with van der Waals surface area (Å²) in [5.41, 5.74) is 0.598. The van der Waals surface area contributed by atoms with Crippen LogP contribution >= 0.6 is 34.5 Å². The minimum absolute atomic E-state index is 0.0849. The molecule has 2 aromatic rings. The van der Waals surface area contributed by atoms with Gasteiger partial charge in [-0.05, 0) is 12.1 Å². The Balaban J connectivity index is 1.61. The van der Waals surface area contributed by atoms with Gasteiger partial charge in [0.25, 0.3) is 11.8 Å². The smallest absolute Gasteiger partial charge is 0.326 e. The molecule has 1 aliphatic rings. The summed E-state index contributed by atoms with van der Waals surface area (Å²) in [7, 11) is 0. The van der Waals surface area contributed by atoms with Crippen LogP contribution in [0.25, 0.3) is 0 Å². The third-order valence-corrected chi connectivity index (χ3v) is 5.04.